The molecule has 0 atom stereocenters. The Morgan fingerprint density at radius 1 is 1.38 bits per heavy atom. The number of halogens is 1. The molecule has 1 saturated heterocycles. The van der Waals surface area contributed by atoms with Crippen LogP contribution < -0.4 is 10.0 Å². The van der Waals surface area contributed by atoms with Gasteiger partial charge in [-0.1, -0.05) is 12.1 Å². The van der Waals surface area contributed by atoms with Crippen LogP contribution in [0.2, 0.25) is 0 Å². The van der Waals surface area contributed by atoms with Gasteiger partial charge in [-0.3, -0.25) is 0 Å². The lowest BCUT2D eigenvalue weighted by Crippen LogP contribution is -2.50. The molecule has 2 N–H and O–H groups in total. The van der Waals surface area contributed by atoms with Gasteiger partial charge >= 0.3 is 0 Å². The molecule has 10 heteroatoms. The zero-order valence-corrected chi connectivity index (χ0v) is 21.6. The van der Waals surface area contributed by atoms with Crippen molar-refractivity contribution in [3.8, 4) is 0 Å². The summed E-state index contributed by atoms with van der Waals surface area (Å²) in [4.78, 5) is 7.29. The van der Waals surface area contributed by atoms with Crippen LogP contribution in [0.25, 0.3) is 0 Å². The first-order chi connectivity index (χ1) is 13.3. The maximum absolute atomic E-state index is 12.4. The molecule has 1 aliphatic heterocycles. The van der Waals surface area contributed by atoms with E-state index in [1.807, 2.05) is 17.8 Å². The quantitative estimate of drug-likeness (QED) is 0.222. The molecule has 1 aromatic carbocycles. The SMILES string of the molecule is CCNC(=NCc1cccc(S(=O)(=O)NCCOC)c1)N1CCSC(C)(C)C1.I. The van der Waals surface area contributed by atoms with Crippen molar-refractivity contribution in [2.45, 2.75) is 37.0 Å². The van der Waals surface area contributed by atoms with Crippen molar-refractivity contribution in [1.29, 1.82) is 0 Å². The minimum absolute atomic E-state index is 0. The summed E-state index contributed by atoms with van der Waals surface area (Å²) in [5, 5.41) is 3.36. The molecular weight excluding hydrogens is 523 g/mol. The van der Waals surface area contributed by atoms with Gasteiger partial charge in [0.1, 0.15) is 0 Å². The van der Waals surface area contributed by atoms with E-state index in [2.05, 4.69) is 35.7 Å². The number of guanidine groups is 1. The fourth-order valence-corrected chi connectivity index (χ4v) is 5.16. The van der Waals surface area contributed by atoms with Crippen molar-refractivity contribution < 1.29 is 13.2 Å². The van der Waals surface area contributed by atoms with Crippen LogP contribution in [-0.2, 0) is 21.3 Å². The summed E-state index contributed by atoms with van der Waals surface area (Å²) in [5.74, 6) is 1.94. The zero-order chi connectivity index (χ0) is 20.6. The second-order valence-electron chi connectivity index (χ2n) is 7.24. The number of sulfonamides is 1. The highest BCUT2D eigenvalue weighted by Gasteiger charge is 2.28. The molecule has 1 heterocycles. The van der Waals surface area contributed by atoms with E-state index in [4.69, 9.17) is 9.73 Å². The van der Waals surface area contributed by atoms with E-state index in [-0.39, 0.29) is 40.2 Å². The Kier molecular flexibility index (Phi) is 11.3. The highest BCUT2D eigenvalue weighted by Crippen LogP contribution is 2.29. The third-order valence-electron chi connectivity index (χ3n) is 4.28. The lowest BCUT2D eigenvalue weighted by atomic mass is 10.2. The van der Waals surface area contributed by atoms with Crippen molar-refractivity contribution in [3.63, 3.8) is 0 Å². The minimum Gasteiger partial charge on any atom is -0.383 e. The monoisotopic (exact) mass is 556 g/mol. The van der Waals surface area contributed by atoms with Gasteiger partial charge in [-0.05, 0) is 38.5 Å². The Hall–Kier alpha value is -0.560. The highest BCUT2D eigenvalue weighted by atomic mass is 127. The molecule has 2 rings (SSSR count). The summed E-state index contributed by atoms with van der Waals surface area (Å²) in [6.07, 6.45) is 0. The molecule has 166 valence electrons. The zero-order valence-electron chi connectivity index (χ0n) is 17.6. The van der Waals surface area contributed by atoms with E-state index in [0.717, 1.165) is 36.9 Å². The number of hydrogen-bond donors (Lipinski definition) is 2. The first-order valence-electron chi connectivity index (χ1n) is 9.52. The molecule has 7 nitrogen and oxygen atoms in total. The molecule has 0 saturated carbocycles. The predicted molar refractivity (Wildman–Crippen MR) is 132 cm³/mol. The molecule has 0 radical (unpaired) electrons. The van der Waals surface area contributed by atoms with Crippen LogP contribution in [0.15, 0.2) is 34.2 Å². The predicted octanol–water partition coefficient (Wildman–Crippen LogP) is 2.52. The van der Waals surface area contributed by atoms with E-state index < -0.39 is 10.0 Å². The molecule has 0 aromatic heterocycles. The summed E-state index contributed by atoms with van der Waals surface area (Å²) in [7, 11) is -2.01. The Morgan fingerprint density at radius 3 is 2.79 bits per heavy atom. The normalized spacial score (nSPS) is 17.0. The van der Waals surface area contributed by atoms with E-state index in [9.17, 15) is 8.42 Å². The van der Waals surface area contributed by atoms with Crippen molar-refractivity contribution in [2.24, 2.45) is 4.99 Å². The molecule has 0 amide bonds. The molecule has 0 unspecified atom stereocenters. The summed E-state index contributed by atoms with van der Waals surface area (Å²) >= 11 is 1.98. The molecule has 0 spiro atoms. The minimum atomic E-state index is -3.55. The second kappa shape index (κ2) is 12.3. The van der Waals surface area contributed by atoms with Crippen LogP contribution in [-0.4, -0.2) is 69.7 Å². The molecule has 0 bridgehead atoms. The van der Waals surface area contributed by atoms with Gasteiger partial charge in [-0.2, -0.15) is 11.8 Å². The van der Waals surface area contributed by atoms with Gasteiger partial charge < -0.3 is 15.0 Å². The van der Waals surface area contributed by atoms with Gasteiger partial charge in [0, 0.05) is 43.8 Å². The van der Waals surface area contributed by atoms with E-state index in [1.54, 1.807) is 18.2 Å². The average Bonchev–Trinajstić information content (AvgIpc) is 2.64. The Labute approximate surface area is 196 Å². The lowest BCUT2D eigenvalue weighted by molar-refractivity contribution is 0.204. The van der Waals surface area contributed by atoms with Crippen molar-refractivity contribution in [1.82, 2.24) is 14.9 Å². The topological polar surface area (TPSA) is 83.0 Å². The third kappa shape index (κ3) is 8.60. The molecule has 0 aliphatic carbocycles. The smallest absolute Gasteiger partial charge is 0.240 e. The van der Waals surface area contributed by atoms with Crippen LogP contribution in [0.1, 0.15) is 26.3 Å². The van der Waals surface area contributed by atoms with Gasteiger partial charge in [0.2, 0.25) is 10.0 Å². The van der Waals surface area contributed by atoms with E-state index in [0.29, 0.717) is 13.2 Å². The van der Waals surface area contributed by atoms with Crippen LogP contribution in [0.3, 0.4) is 0 Å². The number of aliphatic imine (C=N–C) groups is 1. The number of rotatable bonds is 8. The number of nitrogens with zero attached hydrogens (tertiary/aromatic N) is 2. The summed E-state index contributed by atoms with van der Waals surface area (Å²) in [6.45, 7) is 10.2. The molecule has 1 aromatic rings. The summed E-state index contributed by atoms with van der Waals surface area (Å²) in [5.41, 5.74) is 0.857. The molecule has 29 heavy (non-hydrogen) atoms. The van der Waals surface area contributed by atoms with E-state index >= 15 is 0 Å². The maximum Gasteiger partial charge on any atom is 0.240 e. The number of benzene rings is 1. The van der Waals surface area contributed by atoms with Gasteiger partial charge in [-0.25, -0.2) is 18.1 Å². The van der Waals surface area contributed by atoms with Gasteiger partial charge in [-0.15, -0.1) is 24.0 Å². The number of thioether (sulfide) groups is 1. The fraction of sp³-hybridized carbons (Fsp3) is 0.632. The van der Waals surface area contributed by atoms with Crippen LogP contribution in [0.4, 0.5) is 0 Å². The van der Waals surface area contributed by atoms with Crippen molar-refractivity contribution >= 4 is 51.7 Å². The molecule has 1 aliphatic rings. The molecule has 1 fully saturated rings. The third-order valence-corrected chi connectivity index (χ3v) is 7.03. The second-order valence-corrected chi connectivity index (χ2v) is 10.8. The van der Waals surface area contributed by atoms with Gasteiger partial charge in [0.15, 0.2) is 5.96 Å². The Bertz CT molecular complexity index is 772. The Morgan fingerprint density at radius 2 is 2.14 bits per heavy atom. The summed E-state index contributed by atoms with van der Waals surface area (Å²) in [6, 6.07) is 6.93. The first kappa shape index (κ1) is 26.5. The van der Waals surface area contributed by atoms with Crippen molar-refractivity contribution in [2.75, 3.05) is 45.6 Å². The van der Waals surface area contributed by atoms with Gasteiger partial charge in [0.05, 0.1) is 18.0 Å². The first-order valence-corrected chi connectivity index (χ1v) is 12.0. The number of ether oxygens (including phenoxy) is 1. The number of methoxy groups -OCH3 is 1. The van der Waals surface area contributed by atoms with Crippen LogP contribution >= 0.6 is 35.7 Å². The van der Waals surface area contributed by atoms with Crippen LogP contribution in [0, 0.1) is 0 Å². The standard InChI is InChI=1S/C19H32N4O3S2.HI/c1-5-20-18(23-10-12-27-19(2,3)15-23)21-14-16-7-6-8-17(13-16)28(24,25)22-9-11-26-4;/h6-8,13,22H,5,9-12,14-15H2,1-4H3,(H,20,21);1H. The largest absolute Gasteiger partial charge is 0.383 e. The van der Waals surface area contributed by atoms with Crippen molar-refractivity contribution in [3.05, 3.63) is 29.8 Å². The maximum atomic E-state index is 12.4. The van der Waals surface area contributed by atoms with Gasteiger partial charge in [0.25, 0.3) is 0 Å². The Balaban J connectivity index is 0.00000420. The van der Waals surface area contributed by atoms with Crippen LogP contribution in [0.5, 0.6) is 0 Å². The molecular formula is C19H33IN4O3S2. The number of hydrogen-bond acceptors (Lipinski definition) is 5. The highest BCUT2D eigenvalue weighted by molar-refractivity contribution is 14.0. The number of nitrogens with one attached hydrogen (secondary N) is 2. The lowest BCUT2D eigenvalue weighted by Gasteiger charge is -2.39. The average molecular weight is 557 g/mol. The fourth-order valence-electron chi connectivity index (χ4n) is 2.96. The van der Waals surface area contributed by atoms with E-state index in [1.165, 1.54) is 7.11 Å². The summed E-state index contributed by atoms with van der Waals surface area (Å²) < 4.78 is 32.4.